The van der Waals surface area contributed by atoms with Crippen molar-refractivity contribution in [2.45, 2.75) is 63.8 Å². The number of hydrogen-bond acceptors (Lipinski definition) is 7. The number of carbonyl (C=O) groups excluding carboxylic acids is 1. The Kier molecular flexibility index (Phi) is 6.46. The molecule has 3 aromatic rings. The number of thiazole rings is 1. The van der Waals surface area contributed by atoms with Crippen molar-refractivity contribution < 1.29 is 9.53 Å². The van der Waals surface area contributed by atoms with Crippen LogP contribution in [0.15, 0.2) is 30.3 Å². The number of hydrogen-bond donors (Lipinski definition) is 0. The summed E-state index contributed by atoms with van der Waals surface area (Å²) in [5, 5.41) is 0.920. The zero-order valence-corrected chi connectivity index (χ0v) is 19.4. The van der Waals surface area contributed by atoms with E-state index in [0.717, 1.165) is 85.3 Å². The Hall–Kier alpha value is -2.38. The van der Waals surface area contributed by atoms with Gasteiger partial charge in [0, 0.05) is 32.1 Å². The maximum absolute atomic E-state index is 13.1. The van der Waals surface area contributed by atoms with Crippen LogP contribution in [0.25, 0.3) is 10.3 Å². The largest absolute Gasteiger partial charge is 0.381 e. The van der Waals surface area contributed by atoms with E-state index < -0.39 is 0 Å². The lowest BCUT2D eigenvalue weighted by Crippen LogP contribution is -2.36. The van der Waals surface area contributed by atoms with E-state index in [2.05, 4.69) is 24.0 Å². The van der Waals surface area contributed by atoms with Crippen LogP contribution in [0.3, 0.4) is 0 Å². The second-order valence-corrected chi connectivity index (χ2v) is 9.70. The predicted octanol–water partition coefficient (Wildman–Crippen LogP) is 4.71. The maximum atomic E-state index is 13.1. The molecule has 1 atom stereocenters. The van der Waals surface area contributed by atoms with Gasteiger partial charge in [-0.3, -0.25) is 4.79 Å². The number of ketones is 1. The highest BCUT2D eigenvalue weighted by Crippen LogP contribution is 2.36. The molecule has 0 saturated carbocycles. The van der Waals surface area contributed by atoms with Gasteiger partial charge in [0.1, 0.15) is 5.82 Å². The smallest absolute Gasteiger partial charge is 0.188 e. The molecule has 0 radical (unpaired) electrons. The molecule has 0 bridgehead atoms. The van der Waals surface area contributed by atoms with Crippen LogP contribution < -0.4 is 4.90 Å². The van der Waals surface area contributed by atoms with Crippen LogP contribution >= 0.6 is 11.3 Å². The van der Waals surface area contributed by atoms with Crippen molar-refractivity contribution in [1.82, 2.24) is 15.0 Å². The second kappa shape index (κ2) is 9.63. The molecule has 0 N–H and O–H groups in total. The van der Waals surface area contributed by atoms with Crippen molar-refractivity contribution in [2.75, 3.05) is 24.7 Å². The summed E-state index contributed by atoms with van der Waals surface area (Å²) in [6, 6.07) is 10.2. The van der Waals surface area contributed by atoms with Crippen LogP contribution in [-0.4, -0.2) is 46.5 Å². The van der Waals surface area contributed by atoms with Crippen LogP contribution in [0.1, 0.15) is 62.0 Å². The Morgan fingerprint density at radius 3 is 2.72 bits per heavy atom. The van der Waals surface area contributed by atoms with Gasteiger partial charge in [0.25, 0.3) is 0 Å². The summed E-state index contributed by atoms with van der Waals surface area (Å²) in [5.74, 6) is 1.57. The maximum Gasteiger partial charge on any atom is 0.188 e. The SMILES string of the molecule is CCc1nc(C2CCOCC2)nc2nc(N3CCC[C@@H]3C(=O)CCc3ccccc3)sc12. The van der Waals surface area contributed by atoms with Gasteiger partial charge in [-0.15, -0.1) is 0 Å². The number of anilines is 1. The first-order chi connectivity index (χ1) is 15.7. The van der Waals surface area contributed by atoms with Crippen molar-refractivity contribution >= 4 is 32.6 Å². The number of aryl methyl sites for hydroxylation is 2. The molecule has 0 aliphatic carbocycles. The lowest BCUT2D eigenvalue weighted by atomic mass is 9.99. The first-order valence-corrected chi connectivity index (χ1v) is 12.6. The minimum atomic E-state index is -0.0766. The number of nitrogens with zero attached hydrogens (tertiary/aromatic N) is 4. The molecule has 0 unspecified atom stereocenters. The molecule has 2 fully saturated rings. The predicted molar refractivity (Wildman–Crippen MR) is 128 cm³/mol. The Morgan fingerprint density at radius 1 is 1.12 bits per heavy atom. The van der Waals surface area contributed by atoms with Crippen molar-refractivity contribution in [1.29, 1.82) is 0 Å². The van der Waals surface area contributed by atoms with E-state index in [1.54, 1.807) is 11.3 Å². The third-order valence-corrected chi connectivity index (χ3v) is 7.76. The topological polar surface area (TPSA) is 68.2 Å². The highest BCUT2D eigenvalue weighted by atomic mass is 32.1. The molecule has 168 valence electrons. The quantitative estimate of drug-likeness (QED) is 0.519. The minimum Gasteiger partial charge on any atom is -0.381 e. The summed E-state index contributed by atoms with van der Waals surface area (Å²) < 4.78 is 6.58. The Labute approximate surface area is 193 Å². The standard InChI is InChI=1S/C25H30N4O2S/c1-2-19-22-24(27-23(26-19)18-12-15-31-16-13-18)28-25(32-22)29-14-6-9-20(29)21(30)11-10-17-7-4-3-5-8-17/h3-5,7-8,18,20H,2,6,9-16H2,1H3/t20-/m1/s1. The molecule has 2 saturated heterocycles. The summed E-state index contributed by atoms with van der Waals surface area (Å²) >= 11 is 1.65. The van der Waals surface area contributed by atoms with E-state index >= 15 is 0 Å². The Balaban J connectivity index is 1.37. The van der Waals surface area contributed by atoms with Gasteiger partial charge in [-0.1, -0.05) is 48.6 Å². The molecule has 0 amide bonds. The summed E-state index contributed by atoms with van der Waals surface area (Å²) in [6.07, 6.45) is 6.09. The Morgan fingerprint density at radius 2 is 1.94 bits per heavy atom. The molecular weight excluding hydrogens is 420 g/mol. The van der Waals surface area contributed by atoms with Crippen LogP contribution in [0.2, 0.25) is 0 Å². The van der Waals surface area contributed by atoms with Gasteiger partial charge in [-0.2, -0.15) is 4.98 Å². The first kappa shape index (κ1) is 21.5. The zero-order chi connectivity index (χ0) is 21.9. The lowest BCUT2D eigenvalue weighted by molar-refractivity contribution is -0.120. The highest BCUT2D eigenvalue weighted by Gasteiger charge is 2.33. The molecule has 2 aromatic heterocycles. The number of fused-ring (bicyclic) bond motifs is 1. The number of Topliss-reactive ketones (excluding diaryl/α,β-unsaturated/α-hetero) is 1. The van der Waals surface area contributed by atoms with Crippen molar-refractivity contribution in [3.8, 4) is 0 Å². The van der Waals surface area contributed by atoms with Gasteiger partial charge in [-0.25, -0.2) is 9.97 Å². The normalized spacial score (nSPS) is 19.7. The van der Waals surface area contributed by atoms with Crippen LogP contribution in [-0.2, 0) is 22.4 Å². The van der Waals surface area contributed by atoms with E-state index in [9.17, 15) is 4.79 Å². The molecule has 7 heteroatoms. The fourth-order valence-corrected chi connectivity index (χ4v) is 5.94. The monoisotopic (exact) mass is 450 g/mol. The van der Waals surface area contributed by atoms with E-state index in [4.69, 9.17) is 19.7 Å². The van der Waals surface area contributed by atoms with E-state index in [-0.39, 0.29) is 6.04 Å². The summed E-state index contributed by atoms with van der Waals surface area (Å²) in [5.41, 5.74) is 3.08. The zero-order valence-electron chi connectivity index (χ0n) is 18.6. The lowest BCUT2D eigenvalue weighted by Gasteiger charge is -2.22. The second-order valence-electron chi connectivity index (χ2n) is 8.72. The molecule has 1 aromatic carbocycles. The third kappa shape index (κ3) is 4.41. The molecule has 2 aliphatic rings. The summed E-state index contributed by atoms with van der Waals surface area (Å²) in [4.78, 5) is 30.0. The van der Waals surface area contributed by atoms with Gasteiger partial charge in [0.05, 0.1) is 16.4 Å². The highest BCUT2D eigenvalue weighted by molar-refractivity contribution is 7.22. The molecular formula is C25H30N4O2S. The molecule has 4 heterocycles. The van der Waals surface area contributed by atoms with E-state index in [1.807, 2.05) is 18.2 Å². The fraction of sp³-hybridized carbons (Fsp3) is 0.520. The van der Waals surface area contributed by atoms with Gasteiger partial charge < -0.3 is 9.64 Å². The van der Waals surface area contributed by atoms with Gasteiger partial charge in [0.15, 0.2) is 16.6 Å². The van der Waals surface area contributed by atoms with Gasteiger partial charge >= 0.3 is 0 Å². The van der Waals surface area contributed by atoms with Crippen LogP contribution in [0.5, 0.6) is 0 Å². The van der Waals surface area contributed by atoms with Crippen molar-refractivity contribution in [2.24, 2.45) is 0 Å². The number of rotatable bonds is 7. The van der Waals surface area contributed by atoms with Gasteiger partial charge in [0.2, 0.25) is 0 Å². The number of aromatic nitrogens is 3. The average Bonchev–Trinajstić information content (AvgIpc) is 3.50. The van der Waals surface area contributed by atoms with E-state index in [0.29, 0.717) is 18.1 Å². The minimum absolute atomic E-state index is 0.0766. The van der Waals surface area contributed by atoms with Crippen molar-refractivity contribution in [3.63, 3.8) is 0 Å². The average molecular weight is 451 g/mol. The van der Waals surface area contributed by atoms with Crippen molar-refractivity contribution in [3.05, 3.63) is 47.4 Å². The van der Waals surface area contributed by atoms with Crippen LogP contribution in [0.4, 0.5) is 5.13 Å². The molecule has 2 aliphatic heterocycles. The number of benzene rings is 1. The molecule has 32 heavy (non-hydrogen) atoms. The van der Waals surface area contributed by atoms with Crippen LogP contribution in [0, 0.1) is 0 Å². The number of ether oxygens (including phenoxy) is 1. The fourth-order valence-electron chi connectivity index (χ4n) is 4.80. The number of carbonyl (C=O) groups is 1. The third-order valence-electron chi connectivity index (χ3n) is 6.62. The molecule has 5 rings (SSSR count). The summed E-state index contributed by atoms with van der Waals surface area (Å²) in [6.45, 7) is 4.57. The molecule has 0 spiro atoms. The van der Waals surface area contributed by atoms with Gasteiger partial charge in [-0.05, 0) is 44.1 Å². The summed E-state index contributed by atoms with van der Waals surface area (Å²) in [7, 11) is 0. The first-order valence-electron chi connectivity index (χ1n) is 11.8. The molecule has 6 nitrogen and oxygen atoms in total. The Bertz CT molecular complexity index is 1080. The van der Waals surface area contributed by atoms with E-state index in [1.165, 1.54) is 5.56 Å².